The molecule has 3 atom stereocenters. The molecule has 5 rings (SSSR count). The van der Waals surface area contributed by atoms with Crippen molar-refractivity contribution in [1.82, 2.24) is 4.72 Å². The van der Waals surface area contributed by atoms with Gasteiger partial charge < -0.3 is 19.6 Å². The van der Waals surface area contributed by atoms with Crippen LogP contribution in [-0.2, 0) is 31.7 Å². The Balaban J connectivity index is 1.40. The third kappa shape index (κ3) is 5.12. The van der Waals surface area contributed by atoms with Gasteiger partial charge in [-0.1, -0.05) is 42.5 Å². The molecule has 1 saturated heterocycles. The van der Waals surface area contributed by atoms with Crippen molar-refractivity contribution in [3.05, 3.63) is 89.5 Å². The Kier molecular flexibility index (Phi) is 7.24. The van der Waals surface area contributed by atoms with Crippen LogP contribution < -0.4 is 14.5 Å². The maximum absolute atomic E-state index is 14.1. The van der Waals surface area contributed by atoms with Gasteiger partial charge in [0.2, 0.25) is 10.0 Å². The first-order valence-electron chi connectivity index (χ1n) is 13.1. The minimum atomic E-state index is -3.78. The van der Waals surface area contributed by atoms with Crippen LogP contribution in [0.25, 0.3) is 0 Å². The summed E-state index contributed by atoms with van der Waals surface area (Å²) in [5.74, 6) is -0.524. The van der Waals surface area contributed by atoms with E-state index in [1.165, 1.54) is 36.3 Å². The fourth-order valence-electron chi connectivity index (χ4n) is 5.37. The number of rotatable bonds is 7. The number of hydrogen-bond acceptors (Lipinski definition) is 6. The van der Waals surface area contributed by atoms with Gasteiger partial charge in [0.15, 0.2) is 5.60 Å². The molecule has 0 aliphatic carbocycles. The van der Waals surface area contributed by atoms with Gasteiger partial charge in [-0.2, -0.15) is 0 Å². The summed E-state index contributed by atoms with van der Waals surface area (Å²) in [6.45, 7) is 6.19. The zero-order valence-corrected chi connectivity index (χ0v) is 23.8. The number of nitrogens with one attached hydrogen (secondary N) is 1. The fourth-order valence-corrected chi connectivity index (χ4v) is 6.79. The van der Waals surface area contributed by atoms with Crippen molar-refractivity contribution in [2.45, 2.75) is 55.6 Å². The summed E-state index contributed by atoms with van der Waals surface area (Å²) in [6, 6.07) is 20.3. The van der Waals surface area contributed by atoms with E-state index in [1.54, 1.807) is 45.0 Å². The topological polar surface area (TPSA) is 99.2 Å². The molecule has 8 nitrogen and oxygen atoms in total. The zero-order valence-electron chi connectivity index (χ0n) is 23.0. The number of hydrogen-bond donors (Lipinski definition) is 2. The van der Waals surface area contributed by atoms with Crippen LogP contribution in [0.5, 0.6) is 0 Å². The maximum Gasteiger partial charge on any atom is 0.268 e. The minimum absolute atomic E-state index is 0.0411. The van der Waals surface area contributed by atoms with Gasteiger partial charge in [-0.3, -0.25) is 4.79 Å². The first-order valence-corrected chi connectivity index (χ1v) is 14.6. The predicted octanol–water partition coefficient (Wildman–Crippen LogP) is 3.72. The van der Waals surface area contributed by atoms with Gasteiger partial charge in [0.1, 0.15) is 12.3 Å². The van der Waals surface area contributed by atoms with Crippen LogP contribution in [0.1, 0.15) is 37.5 Å². The number of nitrogens with zero attached hydrogens (tertiary/aromatic N) is 2. The molecule has 1 fully saturated rings. The Morgan fingerprint density at radius 2 is 1.68 bits per heavy atom. The Hall–Kier alpha value is -3.31. The summed E-state index contributed by atoms with van der Waals surface area (Å²) in [6.07, 6.45) is -1.51. The first-order chi connectivity index (χ1) is 18.8. The number of carbonyl (C=O) groups is 1. The quantitative estimate of drug-likeness (QED) is 0.452. The lowest BCUT2D eigenvalue weighted by atomic mass is 9.87. The zero-order chi connectivity index (χ0) is 28.9. The molecule has 1 unspecified atom stereocenters. The van der Waals surface area contributed by atoms with E-state index in [0.29, 0.717) is 17.8 Å². The van der Waals surface area contributed by atoms with E-state index >= 15 is 0 Å². The number of alkyl halides is 1. The Morgan fingerprint density at radius 1 is 1.02 bits per heavy atom. The van der Waals surface area contributed by atoms with Crippen LogP contribution in [0.2, 0.25) is 0 Å². The highest BCUT2D eigenvalue weighted by Crippen LogP contribution is 2.45. The molecular weight excluding hydrogens is 533 g/mol. The number of ether oxygens (including phenoxy) is 1. The molecular formula is C30H34FN3O5S. The fraction of sp³-hybridized carbons (Fsp3) is 0.367. The molecule has 0 saturated carbocycles. The van der Waals surface area contributed by atoms with Crippen LogP contribution in [0.15, 0.2) is 77.7 Å². The summed E-state index contributed by atoms with van der Waals surface area (Å²) < 4.78 is 47.5. The number of carbonyl (C=O) groups excluding carboxylic acids is 1. The van der Waals surface area contributed by atoms with E-state index in [2.05, 4.69) is 4.72 Å². The number of methoxy groups -OCH3 is 1. The molecule has 2 aliphatic heterocycles. The monoisotopic (exact) mass is 567 g/mol. The molecule has 0 aromatic heterocycles. The van der Waals surface area contributed by atoms with Gasteiger partial charge in [-0.25, -0.2) is 17.5 Å². The van der Waals surface area contributed by atoms with Gasteiger partial charge in [-0.05, 0) is 62.2 Å². The summed E-state index contributed by atoms with van der Waals surface area (Å²) >= 11 is 0. The third-order valence-corrected chi connectivity index (χ3v) is 9.08. The van der Waals surface area contributed by atoms with Crippen LogP contribution in [0, 0.1) is 0 Å². The molecule has 212 valence electrons. The molecule has 40 heavy (non-hydrogen) atoms. The average molecular weight is 568 g/mol. The van der Waals surface area contributed by atoms with Gasteiger partial charge >= 0.3 is 0 Å². The lowest BCUT2D eigenvalue weighted by Crippen LogP contribution is -2.41. The number of fused-ring (bicyclic) bond motifs is 1. The molecule has 3 aromatic carbocycles. The highest BCUT2D eigenvalue weighted by Gasteiger charge is 2.51. The highest BCUT2D eigenvalue weighted by atomic mass is 32.2. The summed E-state index contributed by atoms with van der Waals surface area (Å²) in [4.78, 5) is 17.3. The largest absolute Gasteiger partial charge is 0.377 e. The van der Waals surface area contributed by atoms with Crippen LogP contribution in [-0.4, -0.2) is 57.4 Å². The number of anilines is 2. The van der Waals surface area contributed by atoms with Crippen LogP contribution in [0.4, 0.5) is 15.8 Å². The Morgan fingerprint density at radius 3 is 2.27 bits per heavy atom. The SMILES string of the molecule is CO[C@@H]1CN(c2ccc(CN3C(=O)C(O)(c4ccc(S(=O)(=O)NC(C)(C)C)cc4)c4ccccc43)cc2)C[C@@H]1F. The maximum atomic E-state index is 14.1. The molecule has 3 aromatic rings. The van der Waals surface area contributed by atoms with Gasteiger partial charge in [0, 0.05) is 30.4 Å². The summed E-state index contributed by atoms with van der Waals surface area (Å²) in [5, 5.41) is 11.9. The molecule has 2 heterocycles. The standard InChI is InChI=1S/C30H34FN3O5S/c1-29(2,3)32-40(37,38)23-15-11-21(12-16-23)30(36)24-7-5-6-8-26(24)34(28(30)35)17-20-9-13-22(14-10-20)33-18-25(31)27(19-33)39-4/h5-16,25,27,32,36H,17-19H2,1-4H3/t25-,27+,30?/m0/s1. The molecule has 10 heteroatoms. The van der Waals surface area contributed by atoms with E-state index in [1.807, 2.05) is 29.2 Å². The number of amides is 1. The normalized spacial score (nSPS) is 23.1. The molecule has 1 amide bonds. The van der Waals surface area contributed by atoms with Crippen LogP contribution in [0.3, 0.4) is 0 Å². The van der Waals surface area contributed by atoms with E-state index in [0.717, 1.165) is 11.3 Å². The van der Waals surface area contributed by atoms with E-state index in [9.17, 15) is 22.7 Å². The van der Waals surface area contributed by atoms with Gasteiger partial charge in [-0.15, -0.1) is 0 Å². The summed E-state index contributed by atoms with van der Waals surface area (Å²) in [7, 11) is -2.27. The third-order valence-electron chi connectivity index (χ3n) is 7.31. The number of halogens is 1. The second kappa shape index (κ2) is 10.3. The van der Waals surface area contributed by atoms with Crippen molar-refractivity contribution in [2.24, 2.45) is 0 Å². The van der Waals surface area contributed by atoms with Crippen molar-refractivity contribution in [2.75, 3.05) is 30.0 Å². The van der Waals surface area contributed by atoms with Gasteiger partial charge in [0.25, 0.3) is 5.91 Å². The number of aliphatic hydroxyl groups is 1. The highest BCUT2D eigenvalue weighted by molar-refractivity contribution is 7.89. The van der Waals surface area contributed by atoms with Crippen LogP contribution >= 0.6 is 0 Å². The number of benzene rings is 3. The molecule has 0 bridgehead atoms. The lowest BCUT2D eigenvalue weighted by Gasteiger charge is -2.25. The van der Waals surface area contributed by atoms with Crippen molar-refractivity contribution < 1.29 is 27.4 Å². The number of sulfonamides is 1. The van der Waals surface area contributed by atoms with E-state index in [4.69, 9.17) is 4.74 Å². The molecule has 2 N–H and O–H groups in total. The smallest absolute Gasteiger partial charge is 0.268 e. The predicted molar refractivity (Wildman–Crippen MR) is 151 cm³/mol. The average Bonchev–Trinajstić information content (AvgIpc) is 3.39. The first kappa shape index (κ1) is 28.2. The van der Waals surface area contributed by atoms with E-state index in [-0.39, 0.29) is 23.5 Å². The second-order valence-corrected chi connectivity index (χ2v) is 13.0. The number of para-hydroxylation sites is 1. The molecule has 2 aliphatic rings. The van der Waals surface area contributed by atoms with Crippen molar-refractivity contribution in [3.63, 3.8) is 0 Å². The minimum Gasteiger partial charge on any atom is -0.377 e. The molecule has 0 radical (unpaired) electrons. The van der Waals surface area contributed by atoms with Gasteiger partial charge in [0.05, 0.1) is 23.7 Å². The van der Waals surface area contributed by atoms with Crippen molar-refractivity contribution in [3.8, 4) is 0 Å². The van der Waals surface area contributed by atoms with E-state index < -0.39 is 39.3 Å². The summed E-state index contributed by atoms with van der Waals surface area (Å²) in [5.41, 5.74) is 0.351. The van der Waals surface area contributed by atoms with Crippen molar-refractivity contribution in [1.29, 1.82) is 0 Å². The second-order valence-electron chi connectivity index (χ2n) is 11.4. The van der Waals surface area contributed by atoms with Crippen molar-refractivity contribution >= 4 is 27.3 Å². The Labute approximate surface area is 234 Å². The Bertz CT molecular complexity index is 1510. The lowest BCUT2D eigenvalue weighted by molar-refractivity contribution is -0.132. The molecule has 0 spiro atoms.